The second-order valence-electron chi connectivity index (χ2n) is 4.44. The van der Waals surface area contributed by atoms with Gasteiger partial charge < -0.3 is 5.11 Å². The van der Waals surface area contributed by atoms with Crippen LogP contribution in [-0.2, 0) is 0 Å². The molecule has 1 rings (SSSR count). The van der Waals surface area contributed by atoms with E-state index in [4.69, 9.17) is 0 Å². The molecule has 0 aromatic heterocycles. The number of nitrogens with one attached hydrogen (secondary N) is 1. The van der Waals surface area contributed by atoms with E-state index in [1.807, 2.05) is 11.8 Å². The highest BCUT2D eigenvalue weighted by Gasteiger charge is 2.33. The topological polar surface area (TPSA) is 32.3 Å². The van der Waals surface area contributed by atoms with Crippen LogP contribution in [0.15, 0.2) is 0 Å². The van der Waals surface area contributed by atoms with Crippen LogP contribution in [0.1, 0.15) is 40.0 Å². The van der Waals surface area contributed by atoms with Crippen LogP contribution in [0.3, 0.4) is 0 Å². The van der Waals surface area contributed by atoms with Crippen molar-refractivity contribution < 1.29 is 5.11 Å². The van der Waals surface area contributed by atoms with E-state index in [1.165, 1.54) is 0 Å². The van der Waals surface area contributed by atoms with Crippen molar-refractivity contribution in [2.45, 2.75) is 57.1 Å². The standard InChI is InChI=1S/C12H21NOS/c1-4-5-6-7-8-11(14)10-9-15-12(2,3)13-10/h10-11,13-14H,4-6,9H2,1-3H3/t10-,11-/m0/s1. The molecule has 0 spiro atoms. The van der Waals surface area contributed by atoms with Gasteiger partial charge in [0.2, 0.25) is 0 Å². The van der Waals surface area contributed by atoms with Crippen molar-refractivity contribution in [1.29, 1.82) is 0 Å². The summed E-state index contributed by atoms with van der Waals surface area (Å²) in [5, 5.41) is 13.2. The Morgan fingerprint density at radius 3 is 2.87 bits per heavy atom. The van der Waals surface area contributed by atoms with Gasteiger partial charge in [-0.3, -0.25) is 5.32 Å². The third-order valence-corrected chi connectivity index (χ3v) is 3.81. The molecule has 2 N–H and O–H groups in total. The number of unbranched alkanes of at least 4 members (excludes halogenated alkanes) is 2. The SMILES string of the molecule is CCCCC#C[C@H](O)[C@@H]1CSC(C)(C)N1. The normalized spacial score (nSPS) is 25.7. The zero-order valence-electron chi connectivity index (χ0n) is 9.84. The fourth-order valence-electron chi connectivity index (χ4n) is 1.54. The van der Waals surface area contributed by atoms with Gasteiger partial charge in [0.05, 0.1) is 10.9 Å². The van der Waals surface area contributed by atoms with Gasteiger partial charge in [0.25, 0.3) is 0 Å². The van der Waals surface area contributed by atoms with Crippen LogP contribution in [0, 0.1) is 11.8 Å². The average Bonchev–Trinajstić information content (AvgIpc) is 2.53. The van der Waals surface area contributed by atoms with Crippen LogP contribution >= 0.6 is 11.8 Å². The van der Waals surface area contributed by atoms with Crippen molar-refractivity contribution in [3.63, 3.8) is 0 Å². The number of thioether (sulfide) groups is 1. The molecule has 2 nitrogen and oxygen atoms in total. The van der Waals surface area contributed by atoms with E-state index in [1.54, 1.807) is 0 Å². The minimum Gasteiger partial charge on any atom is -0.379 e. The summed E-state index contributed by atoms with van der Waals surface area (Å²) >= 11 is 1.84. The Morgan fingerprint density at radius 2 is 2.33 bits per heavy atom. The number of aliphatic hydroxyl groups excluding tert-OH is 1. The maximum atomic E-state index is 9.83. The van der Waals surface area contributed by atoms with Gasteiger partial charge in [-0.1, -0.05) is 19.3 Å². The number of aliphatic hydroxyl groups is 1. The average molecular weight is 227 g/mol. The molecule has 1 aliphatic rings. The molecule has 1 heterocycles. The molecular weight excluding hydrogens is 206 g/mol. The second kappa shape index (κ2) is 5.79. The lowest BCUT2D eigenvalue weighted by atomic mass is 10.1. The molecule has 0 aromatic rings. The number of hydrogen-bond acceptors (Lipinski definition) is 3. The first-order valence-electron chi connectivity index (χ1n) is 5.63. The molecule has 0 saturated carbocycles. The van der Waals surface area contributed by atoms with Gasteiger partial charge in [-0.05, 0) is 20.3 Å². The van der Waals surface area contributed by atoms with Gasteiger partial charge in [0, 0.05) is 12.2 Å². The molecular formula is C12H21NOS. The molecule has 0 aliphatic carbocycles. The quantitative estimate of drug-likeness (QED) is 0.571. The van der Waals surface area contributed by atoms with Crippen LogP contribution in [0.4, 0.5) is 0 Å². The van der Waals surface area contributed by atoms with E-state index in [-0.39, 0.29) is 10.9 Å². The van der Waals surface area contributed by atoms with Gasteiger partial charge in [0.1, 0.15) is 6.10 Å². The number of rotatable bonds is 3. The third-order valence-electron chi connectivity index (χ3n) is 2.44. The Morgan fingerprint density at radius 1 is 1.60 bits per heavy atom. The van der Waals surface area contributed by atoms with Crippen LogP contribution in [0.2, 0.25) is 0 Å². The summed E-state index contributed by atoms with van der Waals surface area (Å²) < 4.78 is 0. The molecule has 1 fully saturated rings. The predicted molar refractivity (Wildman–Crippen MR) is 66.8 cm³/mol. The van der Waals surface area contributed by atoms with Crippen LogP contribution in [-0.4, -0.2) is 27.9 Å². The van der Waals surface area contributed by atoms with E-state index in [9.17, 15) is 5.11 Å². The first-order valence-corrected chi connectivity index (χ1v) is 6.62. The van der Waals surface area contributed by atoms with Crippen molar-refractivity contribution in [3.05, 3.63) is 0 Å². The molecule has 0 amide bonds. The van der Waals surface area contributed by atoms with Crippen molar-refractivity contribution in [3.8, 4) is 11.8 Å². The molecule has 0 unspecified atom stereocenters. The second-order valence-corrected chi connectivity index (χ2v) is 6.08. The van der Waals surface area contributed by atoms with E-state index < -0.39 is 6.10 Å². The number of hydrogen-bond donors (Lipinski definition) is 2. The maximum absolute atomic E-state index is 9.83. The molecule has 86 valence electrons. The summed E-state index contributed by atoms with van der Waals surface area (Å²) in [6, 6.07) is 0.124. The summed E-state index contributed by atoms with van der Waals surface area (Å²) in [5.74, 6) is 6.91. The monoisotopic (exact) mass is 227 g/mol. The smallest absolute Gasteiger partial charge is 0.130 e. The van der Waals surface area contributed by atoms with Crippen LogP contribution < -0.4 is 5.32 Å². The molecule has 1 saturated heterocycles. The predicted octanol–water partition coefficient (Wildman–Crippen LogP) is 1.98. The van der Waals surface area contributed by atoms with Gasteiger partial charge in [-0.15, -0.1) is 17.7 Å². The lowest BCUT2D eigenvalue weighted by molar-refractivity contribution is 0.187. The van der Waals surface area contributed by atoms with Crippen LogP contribution in [0.5, 0.6) is 0 Å². The maximum Gasteiger partial charge on any atom is 0.130 e. The highest BCUT2D eigenvalue weighted by molar-refractivity contribution is 8.00. The largest absolute Gasteiger partial charge is 0.379 e. The molecule has 0 bridgehead atoms. The van der Waals surface area contributed by atoms with Gasteiger partial charge >= 0.3 is 0 Å². The fourth-order valence-corrected chi connectivity index (χ4v) is 2.64. The Hall–Kier alpha value is -0.170. The summed E-state index contributed by atoms with van der Waals surface area (Å²) in [4.78, 5) is 0.0801. The highest BCUT2D eigenvalue weighted by Crippen LogP contribution is 2.30. The Balaban J connectivity index is 2.34. The van der Waals surface area contributed by atoms with E-state index in [2.05, 4.69) is 37.9 Å². The molecule has 0 aromatic carbocycles. The zero-order chi connectivity index (χ0) is 11.3. The van der Waals surface area contributed by atoms with Crippen molar-refractivity contribution in [2.75, 3.05) is 5.75 Å². The van der Waals surface area contributed by atoms with Crippen molar-refractivity contribution >= 4 is 11.8 Å². The van der Waals surface area contributed by atoms with Crippen LogP contribution in [0.25, 0.3) is 0 Å². The lowest BCUT2D eigenvalue weighted by Gasteiger charge is -2.19. The van der Waals surface area contributed by atoms with Gasteiger partial charge in [-0.2, -0.15) is 0 Å². The van der Waals surface area contributed by atoms with Crippen molar-refractivity contribution in [2.24, 2.45) is 0 Å². The zero-order valence-corrected chi connectivity index (χ0v) is 10.7. The minimum absolute atomic E-state index is 0.0801. The first kappa shape index (κ1) is 12.9. The first-order chi connectivity index (χ1) is 7.05. The van der Waals surface area contributed by atoms with E-state index in [0.717, 1.165) is 25.0 Å². The summed E-state index contributed by atoms with van der Waals surface area (Å²) in [7, 11) is 0. The Labute approximate surface area is 97.2 Å². The summed E-state index contributed by atoms with van der Waals surface area (Å²) in [6.45, 7) is 6.42. The lowest BCUT2D eigenvalue weighted by Crippen LogP contribution is -2.43. The third kappa shape index (κ3) is 4.46. The molecule has 15 heavy (non-hydrogen) atoms. The Kier molecular flexibility index (Phi) is 4.98. The van der Waals surface area contributed by atoms with E-state index >= 15 is 0 Å². The molecule has 0 radical (unpaired) electrons. The minimum atomic E-state index is -0.517. The summed E-state index contributed by atoms with van der Waals surface area (Å²) in [5.41, 5.74) is 0. The summed E-state index contributed by atoms with van der Waals surface area (Å²) in [6.07, 6.45) is 2.67. The molecule has 1 aliphatic heterocycles. The van der Waals surface area contributed by atoms with Gasteiger partial charge in [0.15, 0.2) is 0 Å². The van der Waals surface area contributed by atoms with Crippen molar-refractivity contribution in [1.82, 2.24) is 5.32 Å². The highest BCUT2D eigenvalue weighted by atomic mass is 32.2. The van der Waals surface area contributed by atoms with E-state index in [0.29, 0.717) is 0 Å². The molecule has 3 heteroatoms. The molecule has 2 atom stereocenters. The van der Waals surface area contributed by atoms with Gasteiger partial charge in [-0.25, -0.2) is 0 Å². The fraction of sp³-hybridized carbons (Fsp3) is 0.833. The Bertz CT molecular complexity index is 254.